The summed E-state index contributed by atoms with van der Waals surface area (Å²) >= 11 is 0. The molecule has 2 N–H and O–H groups in total. The van der Waals surface area contributed by atoms with Crippen molar-refractivity contribution in [2.24, 2.45) is 0 Å². The number of carbonyl (C=O) groups excluding carboxylic acids is 1. The standard InChI is InChI=1S/C18H25NO4/c1-23-11-5-10-17(20)19-16(18(21)22)12-14-8-4-7-13-6-2-3-9-15(13)14/h2-3,6,9,14,16H,4-5,7-8,10-12H2,1H3,(H,19,20)(H,21,22). The molecule has 5 heteroatoms. The van der Waals surface area contributed by atoms with Gasteiger partial charge in [-0.2, -0.15) is 0 Å². The van der Waals surface area contributed by atoms with Crippen LogP contribution in [0.15, 0.2) is 24.3 Å². The van der Waals surface area contributed by atoms with E-state index in [1.807, 2.05) is 12.1 Å². The zero-order chi connectivity index (χ0) is 16.7. The van der Waals surface area contributed by atoms with Gasteiger partial charge in [0, 0.05) is 20.1 Å². The minimum Gasteiger partial charge on any atom is -0.480 e. The highest BCUT2D eigenvalue weighted by atomic mass is 16.5. The minimum absolute atomic E-state index is 0.195. The molecule has 1 aromatic rings. The number of methoxy groups -OCH3 is 1. The number of carboxylic acid groups (broad SMARTS) is 1. The molecule has 0 heterocycles. The summed E-state index contributed by atoms with van der Waals surface area (Å²) in [4.78, 5) is 23.4. The molecule has 23 heavy (non-hydrogen) atoms. The number of carboxylic acids is 1. The molecular formula is C18H25NO4. The molecule has 5 nitrogen and oxygen atoms in total. The number of rotatable bonds is 8. The monoisotopic (exact) mass is 319 g/mol. The first-order valence-electron chi connectivity index (χ1n) is 8.20. The third-order valence-electron chi connectivity index (χ3n) is 4.40. The Morgan fingerprint density at radius 3 is 2.91 bits per heavy atom. The fraction of sp³-hybridized carbons (Fsp3) is 0.556. The Hall–Kier alpha value is -1.88. The Bertz CT molecular complexity index is 544. The second-order valence-electron chi connectivity index (χ2n) is 6.08. The van der Waals surface area contributed by atoms with Crippen molar-refractivity contribution < 1.29 is 19.4 Å². The normalized spacial score (nSPS) is 18.0. The molecule has 0 fully saturated rings. The molecule has 1 aliphatic carbocycles. The van der Waals surface area contributed by atoms with Gasteiger partial charge in [-0.1, -0.05) is 24.3 Å². The molecule has 2 unspecified atom stereocenters. The molecular weight excluding hydrogens is 294 g/mol. The van der Waals surface area contributed by atoms with Crippen molar-refractivity contribution in [3.05, 3.63) is 35.4 Å². The number of carbonyl (C=O) groups is 2. The van der Waals surface area contributed by atoms with E-state index >= 15 is 0 Å². The summed E-state index contributed by atoms with van der Waals surface area (Å²) < 4.78 is 4.91. The van der Waals surface area contributed by atoms with Crippen molar-refractivity contribution in [2.75, 3.05) is 13.7 Å². The maximum Gasteiger partial charge on any atom is 0.326 e. The molecule has 0 saturated heterocycles. The van der Waals surface area contributed by atoms with E-state index in [0.717, 1.165) is 19.3 Å². The molecule has 126 valence electrons. The molecule has 1 aliphatic rings. The van der Waals surface area contributed by atoms with E-state index in [-0.39, 0.29) is 11.8 Å². The number of amides is 1. The van der Waals surface area contributed by atoms with Gasteiger partial charge in [-0.25, -0.2) is 4.79 Å². The van der Waals surface area contributed by atoms with Gasteiger partial charge in [0.25, 0.3) is 0 Å². The average Bonchev–Trinajstić information content (AvgIpc) is 2.54. The van der Waals surface area contributed by atoms with Gasteiger partial charge in [-0.15, -0.1) is 0 Å². The lowest BCUT2D eigenvalue weighted by molar-refractivity contribution is -0.142. The van der Waals surface area contributed by atoms with Crippen LogP contribution in [0, 0.1) is 0 Å². The summed E-state index contributed by atoms with van der Waals surface area (Å²) in [6.45, 7) is 0.501. The summed E-state index contributed by atoms with van der Waals surface area (Å²) in [6.07, 6.45) is 4.42. The van der Waals surface area contributed by atoms with E-state index in [1.54, 1.807) is 7.11 Å². The maximum atomic E-state index is 11.9. The third-order valence-corrected chi connectivity index (χ3v) is 4.40. The molecule has 1 aromatic carbocycles. The number of benzene rings is 1. The highest BCUT2D eigenvalue weighted by Gasteiger charge is 2.27. The van der Waals surface area contributed by atoms with Crippen LogP contribution in [-0.4, -0.2) is 36.7 Å². The number of aliphatic carboxylic acids is 1. The maximum absolute atomic E-state index is 11.9. The van der Waals surface area contributed by atoms with Crippen LogP contribution in [0.1, 0.15) is 49.1 Å². The fourth-order valence-electron chi connectivity index (χ4n) is 3.25. The van der Waals surface area contributed by atoms with Gasteiger partial charge in [-0.05, 0) is 49.1 Å². The van der Waals surface area contributed by atoms with Crippen LogP contribution < -0.4 is 5.32 Å². The highest BCUT2D eigenvalue weighted by molar-refractivity contribution is 5.83. The molecule has 0 radical (unpaired) electrons. The predicted molar refractivity (Wildman–Crippen MR) is 87.4 cm³/mol. The van der Waals surface area contributed by atoms with Gasteiger partial charge >= 0.3 is 5.97 Å². The summed E-state index contributed by atoms with van der Waals surface area (Å²) in [5.74, 6) is -0.994. The Morgan fingerprint density at radius 2 is 2.17 bits per heavy atom. The number of fused-ring (bicyclic) bond motifs is 1. The number of hydrogen-bond donors (Lipinski definition) is 2. The summed E-state index contributed by atoms with van der Waals surface area (Å²) in [5, 5.41) is 12.1. The highest BCUT2D eigenvalue weighted by Crippen LogP contribution is 2.34. The fourth-order valence-corrected chi connectivity index (χ4v) is 3.25. The molecule has 1 amide bonds. The Morgan fingerprint density at radius 1 is 1.39 bits per heavy atom. The third kappa shape index (κ3) is 5.06. The quantitative estimate of drug-likeness (QED) is 0.722. The smallest absolute Gasteiger partial charge is 0.326 e. The second-order valence-corrected chi connectivity index (χ2v) is 6.08. The first-order valence-corrected chi connectivity index (χ1v) is 8.20. The van der Waals surface area contributed by atoms with Crippen molar-refractivity contribution in [3.63, 3.8) is 0 Å². The lowest BCUT2D eigenvalue weighted by atomic mass is 9.79. The van der Waals surface area contributed by atoms with Crippen molar-refractivity contribution in [2.45, 2.75) is 50.5 Å². The Kier molecular flexibility index (Phi) is 6.59. The van der Waals surface area contributed by atoms with Gasteiger partial charge in [0.1, 0.15) is 6.04 Å². The Balaban J connectivity index is 1.97. The zero-order valence-electron chi connectivity index (χ0n) is 13.6. The number of nitrogens with one attached hydrogen (secondary N) is 1. The van der Waals surface area contributed by atoms with E-state index in [1.165, 1.54) is 11.1 Å². The van der Waals surface area contributed by atoms with Crippen LogP contribution in [0.5, 0.6) is 0 Å². The van der Waals surface area contributed by atoms with Crippen LogP contribution >= 0.6 is 0 Å². The van der Waals surface area contributed by atoms with Crippen molar-refractivity contribution >= 4 is 11.9 Å². The van der Waals surface area contributed by atoms with E-state index in [4.69, 9.17) is 4.74 Å². The van der Waals surface area contributed by atoms with Gasteiger partial charge in [-0.3, -0.25) is 4.79 Å². The predicted octanol–water partition coefficient (Wildman–Crippen LogP) is 2.49. The van der Waals surface area contributed by atoms with Crippen LogP contribution in [0.25, 0.3) is 0 Å². The van der Waals surface area contributed by atoms with Crippen molar-refractivity contribution in [1.82, 2.24) is 5.32 Å². The molecule has 0 aromatic heterocycles. The lowest BCUT2D eigenvalue weighted by Gasteiger charge is -2.28. The summed E-state index contributed by atoms with van der Waals surface area (Å²) in [6, 6.07) is 7.38. The summed E-state index contributed by atoms with van der Waals surface area (Å²) in [7, 11) is 1.58. The minimum atomic E-state index is -0.965. The van der Waals surface area contributed by atoms with Gasteiger partial charge in [0.05, 0.1) is 0 Å². The Labute approximate surface area is 137 Å². The number of aryl methyl sites for hydroxylation is 1. The van der Waals surface area contributed by atoms with E-state index < -0.39 is 12.0 Å². The van der Waals surface area contributed by atoms with Crippen LogP contribution in [0.3, 0.4) is 0 Å². The SMILES string of the molecule is COCCCC(=O)NC(CC1CCCc2ccccc21)C(=O)O. The molecule has 0 saturated carbocycles. The number of hydrogen-bond acceptors (Lipinski definition) is 3. The van der Waals surface area contributed by atoms with E-state index in [9.17, 15) is 14.7 Å². The van der Waals surface area contributed by atoms with Crippen LogP contribution in [0.4, 0.5) is 0 Å². The molecule has 0 aliphatic heterocycles. The average molecular weight is 319 g/mol. The zero-order valence-corrected chi connectivity index (χ0v) is 13.6. The first kappa shape index (κ1) is 17.5. The number of ether oxygens (including phenoxy) is 1. The molecule has 0 spiro atoms. The largest absolute Gasteiger partial charge is 0.480 e. The van der Waals surface area contributed by atoms with Gasteiger partial charge in [0.15, 0.2) is 0 Å². The molecule has 2 rings (SSSR count). The first-order chi connectivity index (χ1) is 11.1. The molecule has 0 bridgehead atoms. The van der Waals surface area contributed by atoms with E-state index in [2.05, 4.69) is 17.4 Å². The summed E-state index contributed by atoms with van der Waals surface area (Å²) in [5.41, 5.74) is 2.54. The van der Waals surface area contributed by atoms with E-state index in [0.29, 0.717) is 25.9 Å². The van der Waals surface area contributed by atoms with Crippen LogP contribution in [0.2, 0.25) is 0 Å². The lowest BCUT2D eigenvalue weighted by Crippen LogP contribution is -2.42. The van der Waals surface area contributed by atoms with Crippen molar-refractivity contribution in [3.8, 4) is 0 Å². The second kappa shape index (κ2) is 8.67. The van der Waals surface area contributed by atoms with Gasteiger partial charge < -0.3 is 15.2 Å². The van der Waals surface area contributed by atoms with Gasteiger partial charge in [0.2, 0.25) is 5.91 Å². The topological polar surface area (TPSA) is 75.6 Å². The molecule has 2 atom stereocenters. The van der Waals surface area contributed by atoms with Crippen molar-refractivity contribution in [1.29, 1.82) is 0 Å². The van der Waals surface area contributed by atoms with Crippen LogP contribution in [-0.2, 0) is 20.7 Å².